The highest BCUT2D eigenvalue weighted by molar-refractivity contribution is 5.94. The Morgan fingerprint density at radius 1 is 1.04 bits per heavy atom. The Morgan fingerprint density at radius 3 is 2.36 bits per heavy atom. The zero-order chi connectivity index (χ0) is 17.2. The molecule has 1 aliphatic heterocycles. The molecule has 4 heteroatoms. The Balaban J connectivity index is 0.00000225. The first-order valence-electron chi connectivity index (χ1n) is 8.73. The van der Waals surface area contributed by atoms with Crippen molar-refractivity contribution in [1.29, 1.82) is 0 Å². The standard InChI is InChI=1S/C21H25NO2.ClH/c1-4-22(5-2)14-13-21(17-9-7-6-8-10-17)18-15-16(3)11-12-19(18)24-20(21)23;/h6-12,15H,4-5,13-14H2,1-3H3;1H. The highest BCUT2D eigenvalue weighted by Crippen LogP contribution is 2.47. The van der Waals surface area contributed by atoms with Crippen LogP contribution in [0, 0.1) is 6.92 Å². The van der Waals surface area contributed by atoms with E-state index in [0.717, 1.165) is 42.7 Å². The Bertz CT molecular complexity index is 728. The number of benzene rings is 2. The van der Waals surface area contributed by atoms with E-state index in [0.29, 0.717) is 5.75 Å². The van der Waals surface area contributed by atoms with Gasteiger partial charge in [0.2, 0.25) is 0 Å². The Morgan fingerprint density at radius 2 is 1.72 bits per heavy atom. The molecule has 3 nitrogen and oxygen atoms in total. The molecule has 25 heavy (non-hydrogen) atoms. The van der Waals surface area contributed by atoms with Crippen molar-refractivity contribution in [1.82, 2.24) is 4.90 Å². The molecule has 0 aliphatic carbocycles. The summed E-state index contributed by atoms with van der Waals surface area (Å²) in [6.07, 6.45) is 0.730. The number of halogens is 1. The molecule has 1 atom stereocenters. The molecule has 0 aromatic heterocycles. The van der Waals surface area contributed by atoms with Gasteiger partial charge in [-0.1, -0.05) is 61.9 Å². The summed E-state index contributed by atoms with van der Waals surface area (Å²) >= 11 is 0. The summed E-state index contributed by atoms with van der Waals surface area (Å²) in [5.74, 6) is 0.551. The molecule has 0 spiro atoms. The van der Waals surface area contributed by atoms with Gasteiger partial charge in [-0.25, -0.2) is 0 Å². The molecular weight excluding hydrogens is 334 g/mol. The van der Waals surface area contributed by atoms with E-state index in [-0.39, 0.29) is 18.4 Å². The first-order chi connectivity index (χ1) is 11.6. The van der Waals surface area contributed by atoms with Crippen molar-refractivity contribution < 1.29 is 9.53 Å². The maximum atomic E-state index is 13.0. The molecule has 2 aromatic rings. The minimum atomic E-state index is -0.703. The first kappa shape index (κ1) is 19.5. The predicted molar refractivity (Wildman–Crippen MR) is 104 cm³/mol. The molecule has 1 heterocycles. The minimum Gasteiger partial charge on any atom is -0.425 e. The van der Waals surface area contributed by atoms with Crippen molar-refractivity contribution in [2.24, 2.45) is 0 Å². The number of hydrogen-bond acceptors (Lipinski definition) is 3. The second kappa shape index (κ2) is 8.03. The van der Waals surface area contributed by atoms with Crippen molar-refractivity contribution in [3.63, 3.8) is 0 Å². The summed E-state index contributed by atoms with van der Waals surface area (Å²) in [4.78, 5) is 15.4. The third-order valence-corrected chi connectivity index (χ3v) is 5.11. The van der Waals surface area contributed by atoms with Crippen LogP contribution in [0.4, 0.5) is 0 Å². The van der Waals surface area contributed by atoms with Crippen molar-refractivity contribution in [3.05, 3.63) is 65.2 Å². The molecule has 0 bridgehead atoms. The third kappa shape index (κ3) is 3.44. The highest BCUT2D eigenvalue weighted by Gasteiger charge is 2.50. The van der Waals surface area contributed by atoms with Gasteiger partial charge in [0.15, 0.2) is 0 Å². The number of esters is 1. The second-order valence-electron chi connectivity index (χ2n) is 6.44. The van der Waals surface area contributed by atoms with Crippen LogP contribution in [-0.4, -0.2) is 30.5 Å². The SMILES string of the molecule is CCN(CC)CCC1(c2ccccc2)C(=O)Oc2ccc(C)cc21.Cl. The van der Waals surface area contributed by atoms with Gasteiger partial charge in [-0.05, 0) is 44.6 Å². The molecule has 2 aromatic carbocycles. The molecule has 0 saturated carbocycles. The van der Waals surface area contributed by atoms with E-state index in [4.69, 9.17) is 4.74 Å². The van der Waals surface area contributed by atoms with E-state index in [1.807, 2.05) is 42.5 Å². The Kier molecular flexibility index (Phi) is 6.26. The predicted octanol–water partition coefficient (Wildman–Crippen LogP) is 4.35. The number of nitrogens with zero attached hydrogens (tertiary/aromatic N) is 1. The van der Waals surface area contributed by atoms with Gasteiger partial charge in [0.1, 0.15) is 11.2 Å². The topological polar surface area (TPSA) is 29.5 Å². The van der Waals surface area contributed by atoms with Crippen LogP contribution in [-0.2, 0) is 10.2 Å². The van der Waals surface area contributed by atoms with Gasteiger partial charge in [-0.15, -0.1) is 12.4 Å². The number of hydrogen-bond donors (Lipinski definition) is 0. The van der Waals surface area contributed by atoms with Crippen LogP contribution < -0.4 is 4.74 Å². The summed E-state index contributed by atoms with van der Waals surface area (Å²) < 4.78 is 5.67. The summed E-state index contributed by atoms with van der Waals surface area (Å²) in [5, 5.41) is 0. The monoisotopic (exact) mass is 359 g/mol. The smallest absolute Gasteiger partial charge is 0.326 e. The maximum absolute atomic E-state index is 13.0. The molecule has 0 amide bonds. The lowest BCUT2D eigenvalue weighted by Crippen LogP contribution is -2.39. The summed E-state index contributed by atoms with van der Waals surface area (Å²) in [6, 6.07) is 16.1. The van der Waals surface area contributed by atoms with Crippen molar-refractivity contribution in [3.8, 4) is 5.75 Å². The van der Waals surface area contributed by atoms with Crippen molar-refractivity contribution >= 4 is 18.4 Å². The average Bonchev–Trinajstić information content (AvgIpc) is 2.89. The lowest BCUT2D eigenvalue weighted by molar-refractivity contribution is -0.137. The molecule has 0 radical (unpaired) electrons. The van der Waals surface area contributed by atoms with Crippen LogP contribution in [0.1, 0.15) is 37.0 Å². The highest BCUT2D eigenvalue weighted by atomic mass is 35.5. The maximum Gasteiger partial charge on any atom is 0.326 e. The fraction of sp³-hybridized carbons (Fsp3) is 0.381. The molecule has 1 aliphatic rings. The van der Waals surface area contributed by atoms with Crippen LogP contribution in [0.5, 0.6) is 5.75 Å². The molecule has 0 N–H and O–H groups in total. The fourth-order valence-corrected chi connectivity index (χ4v) is 3.61. The number of carbonyl (C=O) groups is 1. The molecular formula is C21H26ClNO2. The minimum absolute atomic E-state index is 0. The lowest BCUT2D eigenvalue weighted by atomic mass is 9.72. The number of aryl methyl sites for hydroxylation is 1. The lowest BCUT2D eigenvalue weighted by Gasteiger charge is -2.29. The van der Waals surface area contributed by atoms with Crippen LogP contribution in [0.2, 0.25) is 0 Å². The van der Waals surface area contributed by atoms with E-state index < -0.39 is 5.41 Å². The van der Waals surface area contributed by atoms with Crippen molar-refractivity contribution in [2.45, 2.75) is 32.6 Å². The number of fused-ring (bicyclic) bond motifs is 1. The van der Waals surface area contributed by atoms with Gasteiger partial charge in [-0.3, -0.25) is 4.79 Å². The van der Waals surface area contributed by atoms with Crippen LogP contribution in [0.25, 0.3) is 0 Å². The summed E-state index contributed by atoms with van der Waals surface area (Å²) in [7, 11) is 0. The van der Waals surface area contributed by atoms with E-state index >= 15 is 0 Å². The normalized spacial score (nSPS) is 18.6. The van der Waals surface area contributed by atoms with Gasteiger partial charge < -0.3 is 9.64 Å². The zero-order valence-electron chi connectivity index (χ0n) is 15.1. The van der Waals surface area contributed by atoms with E-state index in [1.54, 1.807) is 0 Å². The van der Waals surface area contributed by atoms with E-state index in [1.165, 1.54) is 0 Å². The Labute approximate surface area is 156 Å². The van der Waals surface area contributed by atoms with Gasteiger partial charge in [0, 0.05) is 5.56 Å². The third-order valence-electron chi connectivity index (χ3n) is 5.11. The molecule has 0 fully saturated rings. The average molecular weight is 360 g/mol. The van der Waals surface area contributed by atoms with Crippen molar-refractivity contribution in [2.75, 3.05) is 19.6 Å². The van der Waals surface area contributed by atoms with Crippen LogP contribution >= 0.6 is 12.4 Å². The van der Waals surface area contributed by atoms with Crippen LogP contribution in [0.3, 0.4) is 0 Å². The number of ether oxygens (including phenoxy) is 1. The molecule has 3 rings (SSSR count). The van der Waals surface area contributed by atoms with Gasteiger partial charge >= 0.3 is 5.97 Å². The van der Waals surface area contributed by atoms with Gasteiger partial charge in [0.25, 0.3) is 0 Å². The second-order valence-corrected chi connectivity index (χ2v) is 6.44. The van der Waals surface area contributed by atoms with Crippen LogP contribution in [0.15, 0.2) is 48.5 Å². The fourth-order valence-electron chi connectivity index (χ4n) is 3.61. The quantitative estimate of drug-likeness (QED) is 0.567. The Hall–Kier alpha value is -1.84. The first-order valence-corrected chi connectivity index (χ1v) is 8.73. The van der Waals surface area contributed by atoms with Gasteiger partial charge in [0.05, 0.1) is 0 Å². The molecule has 134 valence electrons. The van der Waals surface area contributed by atoms with E-state index in [9.17, 15) is 4.79 Å². The number of rotatable bonds is 6. The molecule has 1 unspecified atom stereocenters. The zero-order valence-corrected chi connectivity index (χ0v) is 15.9. The summed E-state index contributed by atoms with van der Waals surface area (Å²) in [5.41, 5.74) is 2.47. The number of carbonyl (C=O) groups excluding carboxylic acids is 1. The van der Waals surface area contributed by atoms with Gasteiger partial charge in [-0.2, -0.15) is 0 Å². The van der Waals surface area contributed by atoms with E-state index in [2.05, 4.69) is 31.7 Å². The largest absolute Gasteiger partial charge is 0.425 e. The molecule has 0 saturated heterocycles. The summed E-state index contributed by atoms with van der Waals surface area (Å²) in [6.45, 7) is 9.20.